The molecule has 7 atom stereocenters. The number of aliphatic hydroxyl groups is 1. The van der Waals surface area contributed by atoms with Crippen LogP contribution in [0.4, 0.5) is 4.79 Å². The zero-order chi connectivity index (χ0) is 30.8. The van der Waals surface area contributed by atoms with Gasteiger partial charge in [-0.05, 0) is 52.4 Å². The summed E-state index contributed by atoms with van der Waals surface area (Å²) in [5.41, 5.74) is -1.58. The van der Waals surface area contributed by atoms with Crippen LogP contribution in [0.15, 0.2) is 25.3 Å². The van der Waals surface area contributed by atoms with Gasteiger partial charge in [0.2, 0.25) is 21.8 Å². The highest BCUT2D eigenvalue weighted by molar-refractivity contribution is 7.91. The molecule has 0 radical (unpaired) electrons. The van der Waals surface area contributed by atoms with E-state index in [1.54, 1.807) is 19.9 Å². The first-order valence-electron chi connectivity index (χ1n) is 13.9. The molecule has 41 heavy (non-hydrogen) atoms. The highest BCUT2D eigenvalue weighted by atomic mass is 32.2. The number of hydrogen-bond donors (Lipinski definition) is 5. The third-order valence-electron chi connectivity index (χ3n) is 8.25. The second-order valence-electron chi connectivity index (χ2n) is 11.5. The lowest BCUT2D eigenvalue weighted by Gasteiger charge is -2.33. The molecule has 0 aromatic rings. The molecular formula is C27H42N4O9S. The minimum Gasteiger partial charge on any atom is -0.465 e. The molecule has 0 spiro atoms. The number of carbonyl (C=O) groups is 4. The quantitative estimate of drug-likeness (QED) is 0.170. The maximum absolute atomic E-state index is 13.7. The molecule has 1 aliphatic heterocycles. The van der Waals surface area contributed by atoms with Crippen molar-refractivity contribution in [3.05, 3.63) is 25.3 Å². The molecule has 3 rings (SSSR count). The van der Waals surface area contributed by atoms with Gasteiger partial charge in [0.05, 0.1) is 23.1 Å². The highest BCUT2D eigenvalue weighted by Gasteiger charge is 2.63. The Balaban J connectivity index is 1.80. The van der Waals surface area contributed by atoms with Gasteiger partial charge in [-0.3, -0.25) is 19.1 Å². The number of amides is 4. The van der Waals surface area contributed by atoms with Gasteiger partial charge in [0.25, 0.3) is 5.91 Å². The van der Waals surface area contributed by atoms with Crippen molar-refractivity contribution in [1.82, 2.24) is 20.3 Å². The summed E-state index contributed by atoms with van der Waals surface area (Å²) in [4.78, 5) is 53.1. The van der Waals surface area contributed by atoms with Crippen LogP contribution in [0, 0.1) is 5.92 Å². The van der Waals surface area contributed by atoms with E-state index in [2.05, 4.69) is 28.5 Å². The van der Waals surface area contributed by atoms with Crippen LogP contribution in [0.25, 0.3) is 0 Å². The lowest BCUT2D eigenvalue weighted by atomic mass is 10.0. The molecule has 14 heteroatoms. The fourth-order valence-electron chi connectivity index (χ4n) is 5.18. The van der Waals surface area contributed by atoms with Gasteiger partial charge >= 0.3 is 6.09 Å². The van der Waals surface area contributed by atoms with Crippen molar-refractivity contribution in [2.45, 2.75) is 106 Å². The molecule has 0 aromatic carbocycles. The average molecular weight is 599 g/mol. The molecule has 0 unspecified atom stereocenters. The van der Waals surface area contributed by atoms with Crippen LogP contribution in [-0.2, 0) is 29.1 Å². The number of rotatable bonds is 15. The van der Waals surface area contributed by atoms with Crippen molar-refractivity contribution in [1.29, 1.82) is 0 Å². The molecule has 0 aromatic heterocycles. The topological polar surface area (TPSA) is 191 Å². The summed E-state index contributed by atoms with van der Waals surface area (Å²) < 4.78 is 32.4. The van der Waals surface area contributed by atoms with E-state index in [0.29, 0.717) is 25.7 Å². The van der Waals surface area contributed by atoms with Gasteiger partial charge in [-0.25, -0.2) is 13.2 Å². The van der Waals surface area contributed by atoms with E-state index in [4.69, 9.17) is 4.74 Å². The second kappa shape index (κ2) is 12.5. The molecule has 5 N–H and O–H groups in total. The molecule has 230 valence electrons. The Labute approximate surface area is 240 Å². The van der Waals surface area contributed by atoms with Crippen LogP contribution in [0.3, 0.4) is 0 Å². The Morgan fingerprint density at radius 2 is 1.88 bits per heavy atom. The highest BCUT2D eigenvalue weighted by Crippen LogP contribution is 2.47. The van der Waals surface area contributed by atoms with Crippen LogP contribution in [-0.4, -0.2) is 94.6 Å². The molecule has 3 fully saturated rings. The van der Waals surface area contributed by atoms with Gasteiger partial charge in [0.1, 0.15) is 17.6 Å². The zero-order valence-corrected chi connectivity index (χ0v) is 24.6. The smallest absolute Gasteiger partial charge is 0.405 e. The SMILES string of the molecule is C=CCC[C@@H](C)O[C@@H](CC)[C@H](NC(=O)O)C(=O)N1C[C@H](O)C[C@H]1C(=O)N[C@]1(C(=O)NS(=O)(=O)C2(C)CC2)C[C@H]1C=C. The Kier molecular flexibility index (Phi) is 9.92. The van der Waals surface area contributed by atoms with E-state index in [9.17, 15) is 37.8 Å². The van der Waals surface area contributed by atoms with Crippen LogP contribution < -0.4 is 15.4 Å². The van der Waals surface area contributed by atoms with E-state index in [0.717, 1.165) is 4.90 Å². The standard InChI is InChI=1S/C27H42N4O9S/c1-6-9-10-16(4)40-20(8-3)21(28-25(36)37)23(34)31-15-18(32)13-19(31)22(33)29-27(14-17(27)7-2)24(35)30-41(38,39)26(5)11-12-26/h6-7,16-21,28,32H,1-2,8-15H2,3-5H3,(H,29,33)(H,30,35)(H,36,37)/t16-,17-,18-,19+,20+,21+,27-/m1/s1. The number of ether oxygens (including phenoxy) is 1. The van der Waals surface area contributed by atoms with E-state index in [1.165, 1.54) is 13.0 Å². The minimum absolute atomic E-state index is 0.112. The number of aliphatic hydroxyl groups excluding tert-OH is 1. The first-order valence-corrected chi connectivity index (χ1v) is 15.4. The number of carbonyl (C=O) groups excluding carboxylic acids is 3. The first kappa shape index (κ1) is 32.5. The molecule has 3 aliphatic rings. The van der Waals surface area contributed by atoms with Crippen LogP contribution in [0.5, 0.6) is 0 Å². The Morgan fingerprint density at radius 3 is 2.39 bits per heavy atom. The number of allylic oxidation sites excluding steroid dienone is 1. The van der Waals surface area contributed by atoms with Crippen molar-refractivity contribution in [3.8, 4) is 0 Å². The lowest BCUT2D eigenvalue weighted by molar-refractivity contribution is -0.145. The van der Waals surface area contributed by atoms with E-state index < -0.39 is 74.3 Å². The Morgan fingerprint density at radius 1 is 1.22 bits per heavy atom. The molecule has 13 nitrogen and oxygen atoms in total. The predicted molar refractivity (Wildman–Crippen MR) is 149 cm³/mol. The molecule has 4 amide bonds. The van der Waals surface area contributed by atoms with Crippen LogP contribution >= 0.6 is 0 Å². The number of nitrogens with one attached hydrogen (secondary N) is 3. The molecule has 1 heterocycles. The normalized spacial score (nSPS) is 28.5. The summed E-state index contributed by atoms with van der Waals surface area (Å²) in [6.45, 7) is 12.2. The minimum atomic E-state index is -3.97. The third-order valence-corrected chi connectivity index (χ3v) is 10.4. The maximum atomic E-state index is 13.7. The Hall–Kier alpha value is -2.97. The summed E-state index contributed by atoms with van der Waals surface area (Å²) >= 11 is 0. The van der Waals surface area contributed by atoms with E-state index in [1.807, 2.05) is 0 Å². The number of nitrogens with zero attached hydrogens (tertiary/aromatic N) is 1. The van der Waals surface area contributed by atoms with Gasteiger partial charge in [-0.15, -0.1) is 13.2 Å². The molecule has 2 saturated carbocycles. The number of sulfonamides is 1. The molecule has 0 bridgehead atoms. The summed E-state index contributed by atoms with van der Waals surface area (Å²) in [5.74, 6) is -2.96. The van der Waals surface area contributed by atoms with Crippen molar-refractivity contribution < 1.29 is 42.5 Å². The van der Waals surface area contributed by atoms with Gasteiger partial charge in [-0.1, -0.05) is 19.1 Å². The summed E-state index contributed by atoms with van der Waals surface area (Å²) in [6.07, 6.45) is 1.77. The monoisotopic (exact) mass is 598 g/mol. The largest absolute Gasteiger partial charge is 0.465 e. The van der Waals surface area contributed by atoms with E-state index >= 15 is 0 Å². The van der Waals surface area contributed by atoms with Gasteiger partial charge < -0.3 is 30.5 Å². The number of carboxylic acid groups (broad SMARTS) is 1. The number of likely N-dealkylation sites (tertiary alicyclic amines) is 1. The molecular weight excluding hydrogens is 556 g/mol. The van der Waals surface area contributed by atoms with Crippen molar-refractivity contribution in [3.63, 3.8) is 0 Å². The summed E-state index contributed by atoms with van der Waals surface area (Å²) in [7, 11) is -3.97. The fraction of sp³-hybridized carbons (Fsp3) is 0.704. The van der Waals surface area contributed by atoms with Gasteiger partial charge in [-0.2, -0.15) is 0 Å². The lowest BCUT2D eigenvalue weighted by Crippen LogP contribution is -2.60. The summed E-state index contributed by atoms with van der Waals surface area (Å²) in [6, 6.07) is -2.60. The molecule has 2 aliphatic carbocycles. The zero-order valence-electron chi connectivity index (χ0n) is 23.8. The number of β-amino-alcohol motifs (C(OH)–C–C–N with tert-alkyl or cyclic N) is 1. The fourth-order valence-corrected chi connectivity index (χ4v) is 6.49. The first-order chi connectivity index (χ1) is 19.1. The average Bonchev–Trinajstić information content (AvgIpc) is 3.79. The van der Waals surface area contributed by atoms with Crippen LogP contribution in [0.1, 0.15) is 65.7 Å². The molecule has 1 saturated heterocycles. The van der Waals surface area contributed by atoms with Crippen molar-refractivity contribution in [2.75, 3.05) is 6.54 Å². The van der Waals surface area contributed by atoms with Crippen molar-refractivity contribution >= 4 is 33.8 Å². The second-order valence-corrected chi connectivity index (χ2v) is 13.7. The summed E-state index contributed by atoms with van der Waals surface area (Å²) in [5, 5.41) is 24.7. The Bertz CT molecular complexity index is 1170. The van der Waals surface area contributed by atoms with E-state index in [-0.39, 0.29) is 31.9 Å². The van der Waals surface area contributed by atoms with Crippen LogP contribution in [0.2, 0.25) is 0 Å². The van der Waals surface area contributed by atoms with Crippen molar-refractivity contribution in [2.24, 2.45) is 5.92 Å². The maximum Gasteiger partial charge on any atom is 0.405 e. The van der Waals surface area contributed by atoms with Gasteiger partial charge in [0, 0.05) is 18.9 Å². The van der Waals surface area contributed by atoms with Gasteiger partial charge in [0.15, 0.2) is 0 Å². The number of hydrogen-bond acceptors (Lipinski definition) is 8. The predicted octanol–water partition coefficient (Wildman–Crippen LogP) is 0.794. The third kappa shape index (κ3) is 7.09.